The summed E-state index contributed by atoms with van der Waals surface area (Å²) in [6.45, 7) is 10.8. The molecule has 0 bridgehead atoms. The fraction of sp³-hybridized carbons (Fsp3) is 0.462. The molecule has 4 aromatic rings. The number of carbonyl (C=O) groups is 1. The zero-order valence-electron chi connectivity index (χ0n) is 21.7. The number of carbonyl (C=O) groups excluding carboxylic acids is 1. The van der Waals surface area contributed by atoms with Gasteiger partial charge in [0.1, 0.15) is 23.6 Å². The van der Waals surface area contributed by atoms with Crippen LogP contribution in [0.2, 0.25) is 25.7 Å². The molecule has 1 amide bonds. The topological polar surface area (TPSA) is 107 Å². The molecule has 0 aliphatic carbocycles. The summed E-state index contributed by atoms with van der Waals surface area (Å²) in [5, 5.41) is 11.3. The molecule has 37 heavy (non-hydrogen) atoms. The van der Waals surface area contributed by atoms with E-state index in [1.54, 1.807) is 12.4 Å². The van der Waals surface area contributed by atoms with Crippen LogP contribution in [-0.4, -0.2) is 64.8 Å². The van der Waals surface area contributed by atoms with Gasteiger partial charge in [0.25, 0.3) is 5.91 Å². The number of nitrogens with zero attached hydrogens (tertiary/aromatic N) is 4. The molecular weight excluding hydrogens is 491 g/mol. The predicted molar refractivity (Wildman–Crippen MR) is 143 cm³/mol. The van der Waals surface area contributed by atoms with E-state index in [1.165, 1.54) is 0 Å². The molecule has 1 fully saturated rings. The van der Waals surface area contributed by atoms with Crippen molar-refractivity contribution in [2.45, 2.75) is 58.0 Å². The van der Waals surface area contributed by atoms with E-state index in [2.05, 4.69) is 40.1 Å². The Labute approximate surface area is 215 Å². The van der Waals surface area contributed by atoms with Crippen LogP contribution in [0.1, 0.15) is 35.2 Å². The smallest absolute Gasteiger partial charge is 0.255 e. The van der Waals surface area contributed by atoms with Gasteiger partial charge in [0.15, 0.2) is 5.65 Å². The first-order valence-electron chi connectivity index (χ1n) is 12.7. The third-order valence-electron chi connectivity index (χ3n) is 6.58. The van der Waals surface area contributed by atoms with E-state index in [4.69, 9.17) is 14.5 Å². The number of benzene rings is 1. The maximum Gasteiger partial charge on any atom is 0.255 e. The first kappa shape index (κ1) is 25.5. The van der Waals surface area contributed by atoms with Crippen LogP contribution in [0.5, 0.6) is 0 Å². The standard InChI is InChI=1S/C26H33FN6O3Si/c1-5-8-28-26(34)18-13-33(15-35-9-10-37(2,3)4)25-23(18)30-21(12-29-25)22-17-7-6-16(11-20(17)31-32-22)19-14-36-24(19)27/h6-7,11-13,19,24H,5,8-10,14-15H2,1-4H3,(H,28,34)(H,31,32). The van der Waals surface area contributed by atoms with Crippen molar-refractivity contribution in [1.82, 2.24) is 30.0 Å². The van der Waals surface area contributed by atoms with Crippen molar-refractivity contribution in [3.05, 3.63) is 41.7 Å². The van der Waals surface area contributed by atoms with Gasteiger partial charge in [-0.05, 0) is 24.1 Å². The van der Waals surface area contributed by atoms with Gasteiger partial charge in [-0.1, -0.05) is 38.7 Å². The summed E-state index contributed by atoms with van der Waals surface area (Å²) in [6, 6.07) is 6.76. The molecule has 0 spiro atoms. The second-order valence-corrected chi connectivity index (χ2v) is 16.3. The number of fused-ring (bicyclic) bond motifs is 2. The van der Waals surface area contributed by atoms with Crippen molar-refractivity contribution in [2.24, 2.45) is 0 Å². The number of H-pyrrole nitrogens is 1. The van der Waals surface area contributed by atoms with Crippen molar-refractivity contribution in [3.8, 4) is 11.4 Å². The van der Waals surface area contributed by atoms with E-state index in [0.717, 1.165) is 28.9 Å². The molecule has 5 rings (SSSR count). The fourth-order valence-electron chi connectivity index (χ4n) is 4.28. The molecule has 1 saturated heterocycles. The SMILES string of the molecule is CCCNC(=O)c1cn(COCC[Si](C)(C)C)c2ncc(-c3n[nH]c4cc(C5COC5F)ccc34)nc12. The number of ether oxygens (including phenoxy) is 2. The number of hydrogen-bond donors (Lipinski definition) is 2. The molecule has 0 saturated carbocycles. The molecule has 2 atom stereocenters. The van der Waals surface area contributed by atoms with Crippen molar-refractivity contribution < 1.29 is 18.7 Å². The highest BCUT2D eigenvalue weighted by Crippen LogP contribution is 2.35. The highest BCUT2D eigenvalue weighted by Gasteiger charge is 2.33. The van der Waals surface area contributed by atoms with Gasteiger partial charge in [0.2, 0.25) is 6.36 Å². The van der Waals surface area contributed by atoms with E-state index in [0.29, 0.717) is 54.6 Å². The van der Waals surface area contributed by atoms with Gasteiger partial charge in [-0.3, -0.25) is 9.89 Å². The molecule has 9 nitrogen and oxygen atoms in total. The Morgan fingerprint density at radius 2 is 2.19 bits per heavy atom. The lowest BCUT2D eigenvalue weighted by molar-refractivity contribution is -0.154. The van der Waals surface area contributed by atoms with Gasteiger partial charge in [-0.25, -0.2) is 14.4 Å². The van der Waals surface area contributed by atoms with Crippen molar-refractivity contribution >= 4 is 36.0 Å². The number of hydrogen-bond acceptors (Lipinski definition) is 6. The second-order valence-electron chi connectivity index (χ2n) is 10.7. The number of amides is 1. The summed E-state index contributed by atoms with van der Waals surface area (Å²) in [5.74, 6) is -0.455. The van der Waals surface area contributed by atoms with Gasteiger partial charge >= 0.3 is 0 Å². The number of alkyl halides is 1. The summed E-state index contributed by atoms with van der Waals surface area (Å²) in [7, 11) is -1.21. The maximum absolute atomic E-state index is 13.7. The third kappa shape index (κ3) is 5.29. The highest BCUT2D eigenvalue weighted by atomic mass is 28.3. The van der Waals surface area contributed by atoms with E-state index >= 15 is 0 Å². The predicted octanol–water partition coefficient (Wildman–Crippen LogP) is 4.84. The number of rotatable bonds is 10. The number of halogens is 1. The Kier molecular flexibility index (Phi) is 7.10. The zero-order valence-corrected chi connectivity index (χ0v) is 22.7. The molecule has 196 valence electrons. The minimum Gasteiger partial charge on any atom is -0.361 e. The molecular formula is C26H33FN6O3Si. The van der Waals surface area contributed by atoms with Crippen LogP contribution in [0.25, 0.3) is 33.5 Å². The molecule has 4 heterocycles. The summed E-state index contributed by atoms with van der Waals surface area (Å²) in [6.07, 6.45) is 2.99. The zero-order chi connectivity index (χ0) is 26.2. The molecule has 1 aliphatic heterocycles. The fourth-order valence-corrected chi connectivity index (χ4v) is 5.04. The Morgan fingerprint density at radius 1 is 1.35 bits per heavy atom. The monoisotopic (exact) mass is 524 g/mol. The van der Waals surface area contributed by atoms with Crippen LogP contribution in [0.4, 0.5) is 4.39 Å². The van der Waals surface area contributed by atoms with Crippen LogP contribution in [0.3, 0.4) is 0 Å². The van der Waals surface area contributed by atoms with E-state index in [1.807, 2.05) is 29.7 Å². The quantitative estimate of drug-likeness (QED) is 0.227. The lowest BCUT2D eigenvalue weighted by atomic mass is 9.95. The van der Waals surface area contributed by atoms with Gasteiger partial charge in [0, 0.05) is 32.8 Å². The maximum atomic E-state index is 13.7. The van der Waals surface area contributed by atoms with Gasteiger partial charge in [-0.15, -0.1) is 0 Å². The number of nitrogens with one attached hydrogen (secondary N) is 2. The lowest BCUT2D eigenvalue weighted by Gasteiger charge is -2.30. The van der Waals surface area contributed by atoms with Crippen molar-refractivity contribution in [1.29, 1.82) is 0 Å². The molecule has 1 aliphatic rings. The normalized spacial score (nSPS) is 17.9. The van der Waals surface area contributed by atoms with Gasteiger partial charge < -0.3 is 19.4 Å². The molecule has 2 N–H and O–H groups in total. The largest absolute Gasteiger partial charge is 0.361 e. The van der Waals surface area contributed by atoms with E-state index in [9.17, 15) is 9.18 Å². The van der Waals surface area contributed by atoms with Crippen LogP contribution in [0.15, 0.2) is 30.6 Å². The average Bonchev–Trinajstić information content (AvgIpc) is 3.44. The Morgan fingerprint density at radius 3 is 2.89 bits per heavy atom. The first-order valence-corrected chi connectivity index (χ1v) is 16.4. The van der Waals surface area contributed by atoms with Crippen molar-refractivity contribution in [3.63, 3.8) is 0 Å². The molecule has 2 unspecified atom stereocenters. The minimum atomic E-state index is -1.27. The van der Waals surface area contributed by atoms with E-state index < -0.39 is 14.4 Å². The lowest BCUT2D eigenvalue weighted by Crippen LogP contribution is -2.33. The summed E-state index contributed by atoms with van der Waals surface area (Å²) in [5.41, 5.74) is 4.35. The molecule has 0 radical (unpaired) electrons. The first-order chi connectivity index (χ1) is 17.7. The number of aromatic amines is 1. The van der Waals surface area contributed by atoms with Crippen LogP contribution in [-0.2, 0) is 16.2 Å². The van der Waals surface area contributed by atoms with Crippen LogP contribution >= 0.6 is 0 Å². The second kappa shape index (κ2) is 10.3. The average molecular weight is 525 g/mol. The summed E-state index contributed by atoms with van der Waals surface area (Å²) in [4.78, 5) is 22.5. The van der Waals surface area contributed by atoms with Gasteiger partial charge in [-0.2, -0.15) is 5.10 Å². The third-order valence-corrected chi connectivity index (χ3v) is 8.29. The Hall–Kier alpha value is -3.15. The van der Waals surface area contributed by atoms with E-state index in [-0.39, 0.29) is 11.8 Å². The summed E-state index contributed by atoms with van der Waals surface area (Å²) < 4.78 is 26.4. The van der Waals surface area contributed by atoms with Gasteiger partial charge in [0.05, 0.1) is 29.8 Å². The molecule has 1 aromatic carbocycles. The van der Waals surface area contributed by atoms with Crippen LogP contribution < -0.4 is 5.32 Å². The number of aromatic nitrogens is 5. The highest BCUT2D eigenvalue weighted by molar-refractivity contribution is 6.76. The molecule has 11 heteroatoms. The Bertz CT molecular complexity index is 1430. The minimum absolute atomic E-state index is 0.195. The Balaban J connectivity index is 1.47. The van der Waals surface area contributed by atoms with Crippen molar-refractivity contribution in [2.75, 3.05) is 19.8 Å². The summed E-state index contributed by atoms with van der Waals surface area (Å²) >= 11 is 0. The molecule has 3 aromatic heterocycles. The van der Waals surface area contributed by atoms with Crippen LogP contribution in [0, 0.1) is 0 Å².